The molecule has 26 heavy (non-hydrogen) atoms. The molecule has 2 aromatic carbocycles. The molecule has 0 bridgehead atoms. The van der Waals surface area contributed by atoms with Crippen LogP contribution >= 0.6 is 0 Å². The predicted molar refractivity (Wildman–Crippen MR) is 96.9 cm³/mol. The van der Waals surface area contributed by atoms with Crippen LogP contribution in [0.15, 0.2) is 48.8 Å². The van der Waals surface area contributed by atoms with E-state index in [0.717, 1.165) is 22.4 Å². The van der Waals surface area contributed by atoms with Gasteiger partial charge in [0.25, 0.3) is 0 Å². The van der Waals surface area contributed by atoms with Crippen molar-refractivity contribution in [3.8, 4) is 5.69 Å². The monoisotopic (exact) mass is 352 g/mol. The third kappa shape index (κ3) is 4.42. The first-order valence-electron chi connectivity index (χ1n) is 8.11. The van der Waals surface area contributed by atoms with Crippen molar-refractivity contribution in [1.29, 1.82) is 0 Å². The number of amides is 2. The Bertz CT molecular complexity index is 862. The fraction of sp³-hybridized carbons (Fsp3) is 0.222. The second-order valence-electron chi connectivity index (χ2n) is 5.81. The lowest BCUT2D eigenvalue weighted by atomic mass is 10.1. The van der Waals surface area contributed by atoms with Crippen LogP contribution < -0.4 is 10.6 Å². The van der Waals surface area contributed by atoms with Crippen molar-refractivity contribution in [1.82, 2.24) is 25.5 Å². The highest BCUT2D eigenvalue weighted by Crippen LogP contribution is 2.18. The number of benzene rings is 2. The summed E-state index contributed by atoms with van der Waals surface area (Å²) in [5.74, 6) is 0. The number of aryl methyl sites for hydroxylation is 1. The zero-order valence-corrected chi connectivity index (χ0v) is 14.6. The molecule has 2 amide bonds. The molecule has 0 aliphatic carbocycles. The van der Waals surface area contributed by atoms with Gasteiger partial charge in [-0.25, -0.2) is 9.48 Å². The van der Waals surface area contributed by atoms with Crippen LogP contribution in [0.4, 0.5) is 10.5 Å². The summed E-state index contributed by atoms with van der Waals surface area (Å²) in [5.41, 5.74) is 4.57. The number of anilines is 1. The van der Waals surface area contributed by atoms with Gasteiger partial charge < -0.3 is 15.4 Å². The van der Waals surface area contributed by atoms with Gasteiger partial charge in [0.15, 0.2) is 0 Å². The van der Waals surface area contributed by atoms with Gasteiger partial charge in [-0.1, -0.05) is 30.3 Å². The first-order valence-corrected chi connectivity index (χ1v) is 8.11. The molecule has 0 saturated carbocycles. The van der Waals surface area contributed by atoms with E-state index >= 15 is 0 Å². The first-order chi connectivity index (χ1) is 12.7. The zero-order chi connectivity index (χ0) is 18.4. The average Bonchev–Trinajstić information content (AvgIpc) is 3.17. The van der Waals surface area contributed by atoms with Gasteiger partial charge in [-0.05, 0) is 46.2 Å². The number of nitrogens with one attached hydrogen (secondary N) is 2. The van der Waals surface area contributed by atoms with Crippen LogP contribution in [-0.2, 0) is 17.9 Å². The highest BCUT2D eigenvalue weighted by atomic mass is 16.5. The minimum Gasteiger partial charge on any atom is -0.380 e. The van der Waals surface area contributed by atoms with E-state index in [4.69, 9.17) is 4.74 Å². The van der Waals surface area contributed by atoms with Crippen LogP contribution in [0.5, 0.6) is 0 Å². The molecule has 134 valence electrons. The molecule has 0 spiro atoms. The molecule has 8 nitrogen and oxygen atoms in total. The lowest BCUT2D eigenvalue weighted by molar-refractivity contribution is 0.185. The number of aromatic nitrogens is 4. The Balaban J connectivity index is 1.59. The molecular formula is C18H20N6O2. The standard InChI is InChI=1S/C18H20N6O2/c1-13-3-8-16(9-17(13)24-12-20-22-23-24)21-18(25)19-10-14-4-6-15(7-5-14)11-26-2/h3-9,12H,10-11H2,1-2H3,(H2,19,21,25). The van der Waals surface area contributed by atoms with Crippen LogP contribution in [0, 0.1) is 6.92 Å². The summed E-state index contributed by atoms with van der Waals surface area (Å²) in [7, 11) is 1.66. The molecule has 3 rings (SSSR count). The molecule has 0 fully saturated rings. The SMILES string of the molecule is COCc1ccc(CNC(=O)Nc2ccc(C)c(-n3cnnn3)c2)cc1. The number of carbonyl (C=O) groups is 1. The Kier molecular flexibility index (Phi) is 5.55. The Labute approximate surface area is 151 Å². The summed E-state index contributed by atoms with van der Waals surface area (Å²) in [6.45, 7) is 2.96. The largest absolute Gasteiger partial charge is 0.380 e. The third-order valence-corrected chi connectivity index (χ3v) is 3.85. The van der Waals surface area contributed by atoms with Crippen molar-refractivity contribution >= 4 is 11.7 Å². The van der Waals surface area contributed by atoms with Crippen LogP contribution in [0.1, 0.15) is 16.7 Å². The van der Waals surface area contributed by atoms with Crippen molar-refractivity contribution in [2.45, 2.75) is 20.1 Å². The van der Waals surface area contributed by atoms with E-state index in [0.29, 0.717) is 18.8 Å². The van der Waals surface area contributed by atoms with E-state index in [1.807, 2.05) is 49.4 Å². The normalized spacial score (nSPS) is 10.5. The van der Waals surface area contributed by atoms with Crippen LogP contribution in [0.2, 0.25) is 0 Å². The quantitative estimate of drug-likeness (QED) is 0.711. The minimum atomic E-state index is -0.280. The molecule has 0 unspecified atom stereocenters. The number of tetrazole rings is 1. The molecule has 0 saturated heterocycles. The Hall–Kier alpha value is -3.26. The van der Waals surface area contributed by atoms with E-state index in [9.17, 15) is 4.79 Å². The van der Waals surface area contributed by atoms with E-state index < -0.39 is 0 Å². The summed E-state index contributed by atoms with van der Waals surface area (Å²) in [6.07, 6.45) is 1.51. The van der Waals surface area contributed by atoms with Gasteiger partial charge in [0.1, 0.15) is 6.33 Å². The number of ether oxygens (including phenoxy) is 1. The second-order valence-corrected chi connectivity index (χ2v) is 5.81. The number of hydrogen-bond donors (Lipinski definition) is 2. The fourth-order valence-electron chi connectivity index (χ4n) is 2.48. The molecule has 8 heteroatoms. The highest BCUT2D eigenvalue weighted by Gasteiger charge is 2.07. The molecule has 2 N–H and O–H groups in total. The second kappa shape index (κ2) is 8.21. The third-order valence-electron chi connectivity index (χ3n) is 3.85. The van der Waals surface area contributed by atoms with Gasteiger partial charge in [0.2, 0.25) is 0 Å². The number of methoxy groups -OCH3 is 1. The van der Waals surface area contributed by atoms with E-state index in [2.05, 4.69) is 26.2 Å². The van der Waals surface area contributed by atoms with Gasteiger partial charge in [0, 0.05) is 19.3 Å². The molecule has 0 atom stereocenters. The van der Waals surface area contributed by atoms with Gasteiger partial charge in [-0.3, -0.25) is 0 Å². The van der Waals surface area contributed by atoms with Gasteiger partial charge in [-0.15, -0.1) is 5.10 Å². The van der Waals surface area contributed by atoms with Crippen molar-refractivity contribution in [3.63, 3.8) is 0 Å². The van der Waals surface area contributed by atoms with Crippen molar-refractivity contribution in [2.24, 2.45) is 0 Å². The number of nitrogens with zero attached hydrogens (tertiary/aromatic N) is 4. The zero-order valence-electron chi connectivity index (χ0n) is 14.6. The fourth-order valence-corrected chi connectivity index (χ4v) is 2.48. The summed E-state index contributed by atoms with van der Waals surface area (Å²) in [6, 6.07) is 13.2. The number of hydrogen-bond acceptors (Lipinski definition) is 5. The molecule has 1 heterocycles. The Morgan fingerprint density at radius 1 is 1.15 bits per heavy atom. The van der Waals surface area contributed by atoms with Gasteiger partial charge >= 0.3 is 6.03 Å². The smallest absolute Gasteiger partial charge is 0.319 e. The van der Waals surface area contributed by atoms with Gasteiger partial charge in [0.05, 0.1) is 12.3 Å². The van der Waals surface area contributed by atoms with Crippen LogP contribution in [0.3, 0.4) is 0 Å². The summed E-state index contributed by atoms with van der Waals surface area (Å²) in [4.78, 5) is 12.1. The first kappa shape index (κ1) is 17.6. The van der Waals surface area contributed by atoms with Crippen LogP contribution in [-0.4, -0.2) is 33.3 Å². The lowest BCUT2D eigenvalue weighted by Crippen LogP contribution is -2.28. The number of urea groups is 1. The molecule has 0 aliphatic rings. The van der Waals surface area contributed by atoms with E-state index in [-0.39, 0.29) is 6.03 Å². The molecule has 0 aliphatic heterocycles. The maximum Gasteiger partial charge on any atom is 0.319 e. The topological polar surface area (TPSA) is 94.0 Å². The molecule has 3 aromatic rings. The average molecular weight is 352 g/mol. The van der Waals surface area contributed by atoms with Gasteiger partial charge in [-0.2, -0.15) is 0 Å². The van der Waals surface area contributed by atoms with Crippen LogP contribution in [0.25, 0.3) is 5.69 Å². The maximum absolute atomic E-state index is 12.1. The molecular weight excluding hydrogens is 332 g/mol. The Morgan fingerprint density at radius 2 is 1.92 bits per heavy atom. The van der Waals surface area contributed by atoms with E-state index in [1.165, 1.54) is 6.33 Å². The summed E-state index contributed by atoms with van der Waals surface area (Å²) in [5, 5.41) is 16.8. The van der Waals surface area contributed by atoms with E-state index in [1.54, 1.807) is 11.8 Å². The predicted octanol–water partition coefficient (Wildman–Crippen LogP) is 2.44. The number of carbonyl (C=O) groups excluding carboxylic acids is 1. The molecule has 1 aromatic heterocycles. The Morgan fingerprint density at radius 3 is 2.62 bits per heavy atom. The summed E-state index contributed by atoms with van der Waals surface area (Å²) < 4.78 is 6.64. The van der Waals surface area contributed by atoms with Crippen molar-refractivity contribution in [3.05, 3.63) is 65.5 Å². The lowest BCUT2D eigenvalue weighted by Gasteiger charge is -2.11. The number of rotatable bonds is 6. The highest BCUT2D eigenvalue weighted by molar-refractivity contribution is 5.89. The van der Waals surface area contributed by atoms with Crippen molar-refractivity contribution in [2.75, 3.05) is 12.4 Å². The summed E-state index contributed by atoms with van der Waals surface area (Å²) >= 11 is 0. The van der Waals surface area contributed by atoms with Crippen molar-refractivity contribution < 1.29 is 9.53 Å². The minimum absolute atomic E-state index is 0.280. The molecule has 0 radical (unpaired) electrons. The maximum atomic E-state index is 12.1.